The minimum absolute atomic E-state index is 0.0297. The van der Waals surface area contributed by atoms with Crippen LogP contribution < -0.4 is 0 Å². The largest absolute Gasteiger partial charge is 0.447 e. The third-order valence-corrected chi connectivity index (χ3v) is 7.13. The number of rotatable bonds is 4. The van der Waals surface area contributed by atoms with Crippen molar-refractivity contribution < 1.29 is 14.4 Å². The molecule has 9 nitrogen and oxygen atoms in total. The van der Waals surface area contributed by atoms with Gasteiger partial charge in [0.05, 0.1) is 34.6 Å². The minimum atomic E-state index is -2.18. The van der Waals surface area contributed by atoms with Crippen LogP contribution in [0.3, 0.4) is 0 Å². The van der Waals surface area contributed by atoms with Crippen LogP contribution in [0.15, 0.2) is 24.3 Å². The average molecular weight is 419 g/mol. The van der Waals surface area contributed by atoms with Crippen LogP contribution in [0, 0.1) is 72.2 Å². The first-order valence-electron chi connectivity index (χ1n) is 10.3. The predicted molar refractivity (Wildman–Crippen MR) is 106 cm³/mol. The molecule has 5 unspecified atom stereocenters. The second kappa shape index (κ2) is 7.04. The zero-order valence-electron chi connectivity index (χ0n) is 17.0. The molecule has 2 heterocycles. The molecule has 1 aromatic carbocycles. The van der Waals surface area contributed by atoms with Crippen molar-refractivity contribution in [3.8, 4) is 18.2 Å². The number of hydrogen-bond donors (Lipinski definition) is 1. The molecule has 0 radical (unpaired) electrons. The Morgan fingerprint density at radius 1 is 1.26 bits per heavy atom. The molecule has 1 saturated carbocycles. The van der Waals surface area contributed by atoms with E-state index in [1.807, 2.05) is 12.1 Å². The van der Waals surface area contributed by atoms with E-state index in [0.717, 1.165) is 19.3 Å². The molecule has 0 amide bonds. The Bertz CT molecular complexity index is 1070. The van der Waals surface area contributed by atoms with Crippen molar-refractivity contribution in [1.82, 2.24) is 0 Å². The minimum Gasteiger partial charge on any atom is -0.447 e. The van der Waals surface area contributed by atoms with Crippen molar-refractivity contribution in [2.75, 3.05) is 0 Å². The van der Waals surface area contributed by atoms with Crippen molar-refractivity contribution in [3.05, 3.63) is 39.9 Å². The lowest BCUT2D eigenvalue weighted by atomic mass is 9.50. The van der Waals surface area contributed by atoms with Crippen LogP contribution in [0.1, 0.15) is 50.7 Å². The predicted octanol–water partition coefficient (Wildman–Crippen LogP) is 4.13. The van der Waals surface area contributed by atoms with Gasteiger partial charge in [0.15, 0.2) is 5.41 Å². The van der Waals surface area contributed by atoms with Crippen molar-refractivity contribution in [1.29, 1.82) is 21.2 Å². The number of para-hydroxylation sites is 1. The number of nitriles is 3. The molecule has 2 bridgehead atoms. The maximum atomic E-state index is 11.7. The van der Waals surface area contributed by atoms with Crippen molar-refractivity contribution >= 4 is 11.6 Å². The maximum absolute atomic E-state index is 11.7. The summed E-state index contributed by atoms with van der Waals surface area (Å²) < 4.78 is 12.2. The maximum Gasteiger partial charge on any atom is 0.275 e. The molecule has 2 aliphatic heterocycles. The summed E-state index contributed by atoms with van der Waals surface area (Å²) in [5.74, 6) is -2.24. The van der Waals surface area contributed by atoms with Crippen LogP contribution >= 0.6 is 0 Å². The van der Waals surface area contributed by atoms with E-state index in [9.17, 15) is 25.9 Å². The fourth-order valence-electron chi connectivity index (χ4n) is 5.74. The number of nitrogens with one attached hydrogen (secondary N) is 1. The van der Waals surface area contributed by atoms with Gasteiger partial charge in [-0.15, -0.1) is 0 Å². The van der Waals surface area contributed by atoms with Gasteiger partial charge in [-0.25, -0.2) is 0 Å². The van der Waals surface area contributed by atoms with Gasteiger partial charge in [0.1, 0.15) is 6.10 Å². The van der Waals surface area contributed by atoms with E-state index in [-0.39, 0.29) is 17.2 Å². The van der Waals surface area contributed by atoms with E-state index in [4.69, 9.17) is 14.9 Å². The lowest BCUT2D eigenvalue weighted by Gasteiger charge is -2.52. The van der Waals surface area contributed by atoms with Crippen LogP contribution in [0.2, 0.25) is 0 Å². The summed E-state index contributed by atoms with van der Waals surface area (Å²) in [4.78, 5) is 11.1. The quantitative estimate of drug-likeness (QED) is 0.567. The van der Waals surface area contributed by atoms with Crippen molar-refractivity contribution in [2.45, 2.75) is 50.9 Å². The fraction of sp³-hybridized carbons (Fsp3) is 0.545. The zero-order chi connectivity index (χ0) is 22.4. The molecule has 1 aliphatic carbocycles. The summed E-state index contributed by atoms with van der Waals surface area (Å²) in [6.07, 6.45) is 2.07. The first-order valence-corrected chi connectivity index (χ1v) is 10.3. The second-order valence-corrected chi connectivity index (χ2v) is 8.49. The summed E-state index contributed by atoms with van der Waals surface area (Å²) in [5, 5.41) is 51.2. The molecule has 3 aliphatic rings. The first kappa shape index (κ1) is 20.8. The van der Waals surface area contributed by atoms with Gasteiger partial charge < -0.3 is 9.47 Å². The Hall–Kier alpha value is -3.48. The molecule has 1 aromatic rings. The zero-order valence-corrected chi connectivity index (χ0v) is 17.0. The van der Waals surface area contributed by atoms with Gasteiger partial charge in [0.2, 0.25) is 17.1 Å². The highest BCUT2D eigenvalue weighted by Crippen LogP contribution is 2.70. The van der Waals surface area contributed by atoms with E-state index in [1.54, 1.807) is 6.07 Å². The molecule has 5 atom stereocenters. The van der Waals surface area contributed by atoms with Crippen LogP contribution in [0.25, 0.3) is 0 Å². The molecule has 0 spiro atoms. The van der Waals surface area contributed by atoms with Gasteiger partial charge in [0.25, 0.3) is 5.69 Å². The van der Waals surface area contributed by atoms with E-state index in [2.05, 4.69) is 13.0 Å². The molecule has 158 valence electrons. The van der Waals surface area contributed by atoms with E-state index in [0.29, 0.717) is 12.8 Å². The molecule has 0 aromatic heterocycles. The number of hydrogen-bond acceptors (Lipinski definition) is 8. The lowest BCUT2D eigenvalue weighted by Crippen LogP contribution is -2.61. The molecular formula is C22H21N5O4. The summed E-state index contributed by atoms with van der Waals surface area (Å²) in [6, 6.07) is 11.8. The molecule has 2 saturated heterocycles. The molecule has 3 fully saturated rings. The normalized spacial score (nSPS) is 35.0. The smallest absolute Gasteiger partial charge is 0.275 e. The number of ether oxygens (including phenoxy) is 2. The Labute approximate surface area is 179 Å². The van der Waals surface area contributed by atoms with Gasteiger partial charge in [-0.05, 0) is 24.8 Å². The molecule has 1 N–H and O–H groups in total. The van der Waals surface area contributed by atoms with Gasteiger partial charge >= 0.3 is 0 Å². The van der Waals surface area contributed by atoms with Gasteiger partial charge in [-0.3, -0.25) is 15.5 Å². The summed E-state index contributed by atoms with van der Waals surface area (Å²) in [6.45, 7) is 2.06. The average Bonchev–Trinajstić information content (AvgIpc) is 2.97. The molecule has 4 rings (SSSR count). The topological polar surface area (TPSA) is 157 Å². The van der Waals surface area contributed by atoms with Crippen molar-refractivity contribution in [2.24, 2.45) is 22.7 Å². The Morgan fingerprint density at radius 2 is 1.97 bits per heavy atom. The number of nitrogens with zero attached hydrogens (tertiary/aromatic N) is 4. The second-order valence-electron chi connectivity index (χ2n) is 8.49. The van der Waals surface area contributed by atoms with E-state index >= 15 is 0 Å². The lowest BCUT2D eigenvalue weighted by molar-refractivity contribution is -0.387. The van der Waals surface area contributed by atoms with E-state index in [1.165, 1.54) is 18.2 Å². The highest BCUT2D eigenvalue weighted by Gasteiger charge is 2.81. The van der Waals surface area contributed by atoms with Crippen LogP contribution in [0.5, 0.6) is 0 Å². The van der Waals surface area contributed by atoms with E-state index < -0.39 is 39.5 Å². The third kappa shape index (κ3) is 2.46. The van der Waals surface area contributed by atoms with Gasteiger partial charge in [0, 0.05) is 12.5 Å². The Balaban J connectivity index is 1.97. The SMILES string of the molecule is CCCC1CCC23OC(=N)C(C#N)(C2C1)C(C#N)(C#N)C(c1ccccc1[N+](=O)[O-])O3. The standard InChI is InChI=1S/C22H21N5O4/c1-2-5-14-8-9-22-17(10-14)21(13-25,19(26)31-22)20(11-23,12-24)18(30-22)15-6-3-4-7-16(15)27(28)29/h3-4,6-7,14,17-18,26H,2,5,8-10H2,1H3. The summed E-state index contributed by atoms with van der Waals surface area (Å²) in [5.41, 5.74) is -4.34. The highest BCUT2D eigenvalue weighted by molar-refractivity contribution is 5.89. The monoisotopic (exact) mass is 419 g/mol. The van der Waals surface area contributed by atoms with Crippen molar-refractivity contribution in [3.63, 3.8) is 0 Å². The summed E-state index contributed by atoms with van der Waals surface area (Å²) >= 11 is 0. The molecule has 9 heteroatoms. The Morgan fingerprint density at radius 3 is 2.58 bits per heavy atom. The molecular weight excluding hydrogens is 398 g/mol. The highest BCUT2D eigenvalue weighted by atomic mass is 16.7. The van der Waals surface area contributed by atoms with Crippen LogP contribution in [-0.2, 0) is 9.47 Å². The Kier molecular flexibility index (Phi) is 4.72. The van der Waals surface area contributed by atoms with Crippen LogP contribution in [-0.4, -0.2) is 16.6 Å². The summed E-state index contributed by atoms with van der Waals surface area (Å²) in [7, 11) is 0. The first-order chi connectivity index (χ1) is 14.9. The third-order valence-electron chi connectivity index (χ3n) is 7.13. The van der Waals surface area contributed by atoms with Crippen LogP contribution in [0.4, 0.5) is 5.69 Å². The number of nitro benzene ring substituents is 1. The number of benzene rings is 1. The number of nitro groups is 1. The van der Waals surface area contributed by atoms with Gasteiger partial charge in [-0.2, -0.15) is 15.8 Å². The van der Waals surface area contributed by atoms with Gasteiger partial charge in [-0.1, -0.05) is 31.9 Å². The fourth-order valence-corrected chi connectivity index (χ4v) is 5.74. The molecule has 31 heavy (non-hydrogen) atoms.